The van der Waals surface area contributed by atoms with Gasteiger partial charge in [0.15, 0.2) is 0 Å². The van der Waals surface area contributed by atoms with Crippen LogP contribution in [0.25, 0.3) is 5.69 Å². The number of benzene rings is 1. The Morgan fingerprint density at radius 1 is 1.32 bits per heavy atom. The van der Waals surface area contributed by atoms with Crippen molar-refractivity contribution in [1.29, 1.82) is 0 Å². The Bertz CT molecular complexity index is 673. The van der Waals surface area contributed by atoms with Crippen molar-refractivity contribution >= 4 is 5.97 Å². The van der Waals surface area contributed by atoms with E-state index in [0.29, 0.717) is 16.9 Å². The van der Waals surface area contributed by atoms with Crippen LogP contribution in [-0.4, -0.2) is 15.6 Å². The number of hydrogen-bond donors (Lipinski definition) is 1. The molecule has 0 saturated carbocycles. The highest BCUT2D eigenvalue weighted by molar-refractivity contribution is 5.92. The monoisotopic (exact) mass is 259 g/mol. The molecule has 0 aliphatic heterocycles. The highest BCUT2D eigenvalue weighted by Crippen LogP contribution is 2.33. The van der Waals surface area contributed by atoms with E-state index in [1.165, 1.54) is 6.07 Å². The topological polar surface area (TPSA) is 42.2 Å². The molecule has 1 aliphatic carbocycles. The molecule has 0 unspecified atom stereocenters. The number of para-hydroxylation sites is 1. The summed E-state index contributed by atoms with van der Waals surface area (Å²) in [5.74, 6) is -1.25. The number of aromatic carboxylic acids is 1. The van der Waals surface area contributed by atoms with E-state index in [-0.39, 0.29) is 5.82 Å². The summed E-state index contributed by atoms with van der Waals surface area (Å²) in [7, 11) is 0. The molecule has 3 nitrogen and oxygen atoms in total. The van der Waals surface area contributed by atoms with Crippen LogP contribution in [0.15, 0.2) is 24.3 Å². The van der Waals surface area contributed by atoms with Gasteiger partial charge in [0.2, 0.25) is 0 Å². The molecular formula is C15H14FNO2. The molecule has 4 heteroatoms. The third-order valence-electron chi connectivity index (χ3n) is 3.76. The highest BCUT2D eigenvalue weighted by Gasteiger charge is 2.28. The smallest absolute Gasteiger partial charge is 0.337 e. The van der Waals surface area contributed by atoms with Gasteiger partial charge >= 0.3 is 5.97 Å². The molecule has 0 radical (unpaired) electrons. The van der Waals surface area contributed by atoms with Crippen molar-refractivity contribution in [3.8, 4) is 5.69 Å². The minimum atomic E-state index is -0.925. The zero-order valence-electron chi connectivity index (χ0n) is 10.6. The first-order chi connectivity index (χ1) is 9.11. The third-order valence-corrected chi connectivity index (χ3v) is 3.76. The Labute approximate surface area is 110 Å². The number of aromatic nitrogens is 1. The van der Waals surface area contributed by atoms with Gasteiger partial charge in [0.25, 0.3) is 0 Å². The van der Waals surface area contributed by atoms with Gasteiger partial charge in [-0.05, 0) is 43.9 Å². The van der Waals surface area contributed by atoms with E-state index < -0.39 is 5.97 Å². The molecule has 0 amide bonds. The lowest BCUT2D eigenvalue weighted by molar-refractivity contribution is 0.0695. The number of carboxylic acid groups (broad SMARTS) is 1. The lowest BCUT2D eigenvalue weighted by Crippen LogP contribution is -2.06. The van der Waals surface area contributed by atoms with Crippen LogP contribution in [0.3, 0.4) is 0 Å². The van der Waals surface area contributed by atoms with Crippen LogP contribution in [0.1, 0.15) is 33.7 Å². The Morgan fingerprint density at radius 2 is 2.05 bits per heavy atom. The van der Waals surface area contributed by atoms with Crippen LogP contribution in [0.2, 0.25) is 0 Å². The predicted octanol–water partition coefficient (Wildman–Crippen LogP) is 3.11. The number of fused-ring (bicyclic) bond motifs is 1. The fraction of sp³-hybridized carbons (Fsp3) is 0.267. The molecule has 1 heterocycles. The van der Waals surface area contributed by atoms with Crippen molar-refractivity contribution < 1.29 is 14.3 Å². The standard InChI is InChI=1S/C15H14FNO2/c1-9-14(15(18)19)10-5-4-8-12(10)17(9)13-7-3-2-6-11(13)16/h2-3,6-7H,4-5,8H2,1H3,(H,18,19). The first kappa shape index (κ1) is 12.0. The molecule has 0 atom stereocenters. The molecular weight excluding hydrogens is 245 g/mol. The average Bonchev–Trinajstić information content (AvgIpc) is 2.89. The summed E-state index contributed by atoms with van der Waals surface area (Å²) in [5.41, 5.74) is 3.21. The first-order valence-electron chi connectivity index (χ1n) is 6.32. The Balaban J connectivity index is 2.32. The van der Waals surface area contributed by atoms with Gasteiger partial charge in [-0.25, -0.2) is 9.18 Å². The molecule has 1 aromatic heterocycles. The second-order valence-electron chi connectivity index (χ2n) is 4.83. The average molecular weight is 259 g/mol. The fourth-order valence-electron chi connectivity index (χ4n) is 3.02. The van der Waals surface area contributed by atoms with Gasteiger partial charge in [-0.1, -0.05) is 12.1 Å². The summed E-state index contributed by atoms with van der Waals surface area (Å²) >= 11 is 0. The van der Waals surface area contributed by atoms with Gasteiger partial charge in [-0.3, -0.25) is 0 Å². The van der Waals surface area contributed by atoms with Crippen molar-refractivity contribution in [3.05, 3.63) is 52.6 Å². The van der Waals surface area contributed by atoms with Gasteiger partial charge < -0.3 is 9.67 Å². The van der Waals surface area contributed by atoms with E-state index in [0.717, 1.165) is 30.5 Å². The van der Waals surface area contributed by atoms with E-state index in [4.69, 9.17) is 0 Å². The summed E-state index contributed by atoms with van der Waals surface area (Å²) in [6, 6.07) is 6.48. The molecule has 0 spiro atoms. The quantitative estimate of drug-likeness (QED) is 0.900. The Hall–Kier alpha value is -2.10. The zero-order valence-corrected chi connectivity index (χ0v) is 10.6. The third kappa shape index (κ3) is 1.67. The van der Waals surface area contributed by atoms with Crippen molar-refractivity contribution in [3.63, 3.8) is 0 Å². The Morgan fingerprint density at radius 3 is 2.74 bits per heavy atom. The molecule has 1 aromatic carbocycles. The number of carbonyl (C=O) groups is 1. The normalized spacial score (nSPS) is 13.6. The molecule has 98 valence electrons. The van der Waals surface area contributed by atoms with Crippen molar-refractivity contribution in [2.24, 2.45) is 0 Å². The maximum Gasteiger partial charge on any atom is 0.337 e. The second-order valence-corrected chi connectivity index (χ2v) is 4.83. The summed E-state index contributed by atoms with van der Waals surface area (Å²) in [4.78, 5) is 11.4. The van der Waals surface area contributed by atoms with Gasteiger partial charge in [-0.15, -0.1) is 0 Å². The molecule has 1 N–H and O–H groups in total. The van der Waals surface area contributed by atoms with Crippen LogP contribution in [0, 0.1) is 12.7 Å². The van der Waals surface area contributed by atoms with E-state index in [1.54, 1.807) is 29.7 Å². The summed E-state index contributed by atoms with van der Waals surface area (Å²) < 4.78 is 15.7. The van der Waals surface area contributed by atoms with Crippen molar-refractivity contribution in [1.82, 2.24) is 4.57 Å². The lowest BCUT2D eigenvalue weighted by Gasteiger charge is -2.11. The number of halogens is 1. The maximum atomic E-state index is 14.0. The number of carboxylic acids is 1. The van der Waals surface area contributed by atoms with Gasteiger partial charge in [0.1, 0.15) is 5.82 Å². The van der Waals surface area contributed by atoms with E-state index in [9.17, 15) is 14.3 Å². The van der Waals surface area contributed by atoms with Crippen molar-refractivity contribution in [2.45, 2.75) is 26.2 Å². The van der Waals surface area contributed by atoms with Gasteiger partial charge in [0.05, 0.1) is 11.3 Å². The Kier molecular flexibility index (Phi) is 2.66. The number of nitrogens with zero attached hydrogens (tertiary/aromatic N) is 1. The van der Waals surface area contributed by atoms with Crippen molar-refractivity contribution in [2.75, 3.05) is 0 Å². The SMILES string of the molecule is Cc1c(C(=O)O)c2c(n1-c1ccccc1F)CCC2. The second kappa shape index (κ2) is 4.23. The summed E-state index contributed by atoms with van der Waals surface area (Å²) in [5, 5.41) is 9.35. The van der Waals surface area contributed by atoms with Crippen LogP contribution in [0.4, 0.5) is 4.39 Å². The van der Waals surface area contributed by atoms with Crippen LogP contribution >= 0.6 is 0 Å². The minimum Gasteiger partial charge on any atom is -0.478 e. The zero-order chi connectivity index (χ0) is 13.6. The van der Waals surface area contributed by atoms with E-state index >= 15 is 0 Å². The minimum absolute atomic E-state index is 0.327. The van der Waals surface area contributed by atoms with Crippen LogP contribution in [-0.2, 0) is 12.8 Å². The molecule has 19 heavy (non-hydrogen) atoms. The largest absolute Gasteiger partial charge is 0.478 e. The predicted molar refractivity (Wildman–Crippen MR) is 69.4 cm³/mol. The summed E-state index contributed by atoms with van der Waals surface area (Å²) in [6.45, 7) is 1.74. The van der Waals surface area contributed by atoms with Crippen LogP contribution in [0.5, 0.6) is 0 Å². The van der Waals surface area contributed by atoms with Gasteiger partial charge in [0, 0.05) is 11.4 Å². The summed E-state index contributed by atoms with van der Waals surface area (Å²) in [6.07, 6.45) is 2.50. The molecule has 2 aromatic rings. The number of hydrogen-bond acceptors (Lipinski definition) is 1. The molecule has 0 saturated heterocycles. The van der Waals surface area contributed by atoms with E-state index in [1.807, 2.05) is 0 Å². The van der Waals surface area contributed by atoms with Crippen LogP contribution < -0.4 is 0 Å². The molecule has 0 fully saturated rings. The van der Waals surface area contributed by atoms with E-state index in [2.05, 4.69) is 0 Å². The fourth-order valence-corrected chi connectivity index (χ4v) is 3.02. The van der Waals surface area contributed by atoms with Gasteiger partial charge in [-0.2, -0.15) is 0 Å². The number of rotatable bonds is 2. The first-order valence-corrected chi connectivity index (χ1v) is 6.32. The maximum absolute atomic E-state index is 14.0. The molecule has 1 aliphatic rings. The molecule has 0 bridgehead atoms. The molecule has 3 rings (SSSR count). The lowest BCUT2D eigenvalue weighted by atomic mass is 10.1. The highest BCUT2D eigenvalue weighted by atomic mass is 19.1.